The minimum atomic E-state index is -0.108. The van der Waals surface area contributed by atoms with Gasteiger partial charge in [0, 0.05) is 35.1 Å². The van der Waals surface area contributed by atoms with Crippen LogP contribution < -0.4 is 16.4 Å². The molecule has 0 spiro atoms. The molecule has 1 aliphatic carbocycles. The highest BCUT2D eigenvalue weighted by atomic mass is 79.9. The van der Waals surface area contributed by atoms with Crippen molar-refractivity contribution in [3.8, 4) is 0 Å². The molecule has 23 heavy (non-hydrogen) atoms. The quantitative estimate of drug-likeness (QED) is 0.705. The highest BCUT2D eigenvalue weighted by Crippen LogP contribution is 2.23. The highest BCUT2D eigenvalue weighted by Gasteiger charge is 2.24. The van der Waals surface area contributed by atoms with Gasteiger partial charge < -0.3 is 16.4 Å². The van der Waals surface area contributed by atoms with Gasteiger partial charge in [-0.3, -0.25) is 9.59 Å². The lowest BCUT2D eigenvalue weighted by Crippen LogP contribution is -2.38. The van der Waals surface area contributed by atoms with Crippen molar-refractivity contribution in [2.45, 2.75) is 38.1 Å². The molecule has 2 atom stereocenters. The summed E-state index contributed by atoms with van der Waals surface area (Å²) in [6, 6.07) is 7.51. The van der Waals surface area contributed by atoms with Gasteiger partial charge in [0.25, 0.3) is 0 Å². The zero-order valence-corrected chi connectivity index (χ0v) is 15.3. The summed E-state index contributed by atoms with van der Waals surface area (Å²) < 4.78 is 0.962. The molecule has 1 saturated carbocycles. The van der Waals surface area contributed by atoms with Gasteiger partial charge in [-0.1, -0.05) is 22.4 Å². The summed E-state index contributed by atoms with van der Waals surface area (Å²) in [5.41, 5.74) is 6.64. The summed E-state index contributed by atoms with van der Waals surface area (Å²) in [5.74, 6) is -0.0900. The first-order chi connectivity index (χ1) is 10.5. The number of hydrogen-bond acceptors (Lipinski definition) is 3. The van der Waals surface area contributed by atoms with E-state index in [-0.39, 0.29) is 42.6 Å². The topological polar surface area (TPSA) is 84.2 Å². The number of carbonyl (C=O) groups excluding carboxylic acids is 2. The van der Waals surface area contributed by atoms with Crippen LogP contribution in [0.15, 0.2) is 28.7 Å². The maximum atomic E-state index is 12.0. The van der Waals surface area contributed by atoms with Gasteiger partial charge in [-0.2, -0.15) is 0 Å². The van der Waals surface area contributed by atoms with E-state index < -0.39 is 0 Å². The summed E-state index contributed by atoms with van der Waals surface area (Å²) in [6.45, 7) is 0.354. The van der Waals surface area contributed by atoms with Gasteiger partial charge in [0.15, 0.2) is 0 Å². The SMILES string of the molecule is Cl.NC1CCCC(C(=O)NCCC(=O)Nc2ccc(Br)cc2)C1. The molecule has 0 aliphatic heterocycles. The predicted octanol–water partition coefficient (Wildman–Crippen LogP) is 2.83. The van der Waals surface area contributed by atoms with Crippen LogP contribution in [0, 0.1) is 5.92 Å². The molecule has 0 heterocycles. The fraction of sp³-hybridized carbons (Fsp3) is 0.500. The monoisotopic (exact) mass is 403 g/mol. The third-order valence-electron chi connectivity index (χ3n) is 3.86. The number of rotatable bonds is 5. The molecule has 2 unspecified atom stereocenters. The van der Waals surface area contributed by atoms with Gasteiger partial charge in [-0.05, 0) is 43.5 Å². The third kappa shape index (κ3) is 6.89. The largest absolute Gasteiger partial charge is 0.355 e. The van der Waals surface area contributed by atoms with Crippen LogP contribution in [-0.4, -0.2) is 24.4 Å². The zero-order chi connectivity index (χ0) is 15.9. The van der Waals surface area contributed by atoms with E-state index in [1.165, 1.54) is 0 Å². The number of nitrogens with one attached hydrogen (secondary N) is 2. The van der Waals surface area contributed by atoms with Crippen molar-refractivity contribution < 1.29 is 9.59 Å². The van der Waals surface area contributed by atoms with Crippen molar-refractivity contribution in [2.24, 2.45) is 11.7 Å². The number of amides is 2. The summed E-state index contributed by atoms with van der Waals surface area (Å²) in [7, 11) is 0. The summed E-state index contributed by atoms with van der Waals surface area (Å²) in [6.07, 6.45) is 3.91. The number of nitrogens with two attached hydrogens (primary N) is 1. The third-order valence-corrected chi connectivity index (χ3v) is 4.39. The lowest BCUT2D eigenvalue weighted by Gasteiger charge is -2.25. The van der Waals surface area contributed by atoms with Crippen LogP contribution in [-0.2, 0) is 9.59 Å². The normalized spacial score (nSPS) is 20.3. The minimum absolute atomic E-state index is 0. The number of anilines is 1. The molecule has 1 aromatic carbocycles. The van der Waals surface area contributed by atoms with Gasteiger partial charge >= 0.3 is 0 Å². The van der Waals surface area contributed by atoms with Crippen molar-refractivity contribution >= 4 is 45.8 Å². The second-order valence-corrected chi connectivity index (χ2v) is 6.64. The molecule has 128 valence electrons. The second-order valence-electron chi connectivity index (χ2n) is 5.72. The molecule has 2 amide bonds. The molecular weight excluding hydrogens is 382 g/mol. The molecule has 0 bridgehead atoms. The molecule has 0 aromatic heterocycles. The van der Waals surface area contributed by atoms with Crippen LogP contribution in [0.5, 0.6) is 0 Å². The Balaban J connectivity index is 0.00000264. The molecule has 1 aromatic rings. The van der Waals surface area contributed by atoms with Crippen molar-refractivity contribution in [2.75, 3.05) is 11.9 Å². The number of halogens is 2. The summed E-state index contributed by atoms with van der Waals surface area (Å²) in [4.78, 5) is 23.8. The molecule has 4 N–H and O–H groups in total. The molecule has 0 radical (unpaired) electrons. The molecular formula is C16H23BrClN3O2. The maximum absolute atomic E-state index is 12.0. The molecule has 1 fully saturated rings. The molecule has 7 heteroatoms. The number of carbonyl (C=O) groups is 2. The van der Waals surface area contributed by atoms with Crippen molar-refractivity contribution in [3.05, 3.63) is 28.7 Å². The maximum Gasteiger partial charge on any atom is 0.226 e. The standard InChI is InChI=1S/C16H22BrN3O2.ClH/c17-12-4-6-14(7-5-12)20-15(21)8-9-19-16(22)11-2-1-3-13(18)10-11;/h4-7,11,13H,1-3,8-10,18H2,(H,19,22)(H,20,21);1H. The predicted molar refractivity (Wildman–Crippen MR) is 97.6 cm³/mol. The first kappa shape index (κ1) is 19.9. The van der Waals surface area contributed by atoms with Crippen LogP contribution >= 0.6 is 28.3 Å². The van der Waals surface area contributed by atoms with Crippen molar-refractivity contribution in [3.63, 3.8) is 0 Å². The average Bonchev–Trinajstić information content (AvgIpc) is 2.49. The van der Waals surface area contributed by atoms with E-state index in [9.17, 15) is 9.59 Å². The van der Waals surface area contributed by atoms with Gasteiger partial charge in [-0.25, -0.2) is 0 Å². The van der Waals surface area contributed by atoms with E-state index in [0.717, 1.165) is 35.8 Å². The smallest absolute Gasteiger partial charge is 0.226 e. The Labute approximate surface area is 151 Å². The lowest BCUT2D eigenvalue weighted by atomic mass is 9.85. The van der Waals surface area contributed by atoms with Crippen LogP contribution in [0.1, 0.15) is 32.1 Å². The van der Waals surface area contributed by atoms with Crippen molar-refractivity contribution in [1.29, 1.82) is 0 Å². The Bertz CT molecular complexity index is 525. The van der Waals surface area contributed by atoms with Crippen LogP contribution in [0.2, 0.25) is 0 Å². The molecule has 0 saturated heterocycles. The zero-order valence-electron chi connectivity index (χ0n) is 12.9. The van der Waals surface area contributed by atoms with Gasteiger partial charge in [-0.15, -0.1) is 12.4 Å². The van der Waals surface area contributed by atoms with E-state index in [2.05, 4.69) is 26.6 Å². The summed E-state index contributed by atoms with van der Waals surface area (Å²) in [5, 5.41) is 5.63. The van der Waals surface area contributed by atoms with Gasteiger partial charge in [0.1, 0.15) is 0 Å². The Morgan fingerprint density at radius 3 is 2.57 bits per heavy atom. The van der Waals surface area contributed by atoms with Crippen LogP contribution in [0.25, 0.3) is 0 Å². The summed E-state index contributed by atoms with van der Waals surface area (Å²) >= 11 is 3.34. The van der Waals surface area contributed by atoms with Crippen molar-refractivity contribution in [1.82, 2.24) is 5.32 Å². The molecule has 1 aliphatic rings. The number of hydrogen-bond donors (Lipinski definition) is 3. The first-order valence-electron chi connectivity index (χ1n) is 7.63. The minimum Gasteiger partial charge on any atom is -0.355 e. The second kappa shape index (κ2) is 9.90. The van der Waals surface area contributed by atoms with Crippen LogP contribution in [0.3, 0.4) is 0 Å². The van der Waals surface area contributed by atoms with E-state index in [1.54, 1.807) is 0 Å². The first-order valence-corrected chi connectivity index (χ1v) is 8.42. The Kier molecular flexibility index (Phi) is 8.58. The average molecular weight is 405 g/mol. The molecule has 5 nitrogen and oxygen atoms in total. The van der Waals surface area contributed by atoms with Gasteiger partial charge in [0.05, 0.1) is 0 Å². The van der Waals surface area contributed by atoms with Crippen LogP contribution in [0.4, 0.5) is 5.69 Å². The Morgan fingerprint density at radius 1 is 1.22 bits per heavy atom. The molecule has 2 rings (SSSR count). The van der Waals surface area contributed by atoms with E-state index in [4.69, 9.17) is 5.73 Å². The van der Waals surface area contributed by atoms with E-state index in [1.807, 2.05) is 24.3 Å². The Morgan fingerprint density at radius 2 is 1.91 bits per heavy atom. The fourth-order valence-corrected chi connectivity index (χ4v) is 2.93. The fourth-order valence-electron chi connectivity index (χ4n) is 2.67. The number of benzene rings is 1. The van der Waals surface area contributed by atoms with E-state index in [0.29, 0.717) is 6.54 Å². The van der Waals surface area contributed by atoms with Gasteiger partial charge in [0.2, 0.25) is 11.8 Å². The highest BCUT2D eigenvalue weighted by molar-refractivity contribution is 9.10. The Hall–Kier alpha value is -1.11. The van der Waals surface area contributed by atoms with E-state index >= 15 is 0 Å². The lowest BCUT2D eigenvalue weighted by molar-refractivity contribution is -0.126.